The number of carbonyl (C=O) groups excluding carboxylic acids is 2. The maximum absolute atomic E-state index is 12.6. The fraction of sp³-hybridized carbons (Fsp3) is 0.333. The van der Waals surface area contributed by atoms with Gasteiger partial charge in [0, 0.05) is 30.8 Å². The third-order valence-corrected chi connectivity index (χ3v) is 3.77. The Labute approximate surface area is 164 Å². The number of amides is 1. The van der Waals surface area contributed by atoms with Crippen LogP contribution in [0.2, 0.25) is 5.02 Å². The van der Waals surface area contributed by atoms with Crippen LogP contribution in [0.1, 0.15) is 41.4 Å². The number of carbonyl (C=O) groups is 2. The molecule has 28 heavy (non-hydrogen) atoms. The largest absolute Gasteiger partial charge is 0.477 e. The summed E-state index contributed by atoms with van der Waals surface area (Å²) < 4.78 is 43.0. The molecule has 2 aromatic rings. The maximum Gasteiger partial charge on any atom is 0.417 e. The Morgan fingerprint density at radius 3 is 2.57 bits per heavy atom. The predicted molar refractivity (Wildman–Crippen MR) is 96.6 cm³/mol. The normalized spacial score (nSPS) is 11.2. The number of pyridine rings is 2. The van der Waals surface area contributed by atoms with Crippen LogP contribution < -0.4 is 10.1 Å². The molecule has 0 saturated heterocycles. The Balaban J connectivity index is 1.91. The summed E-state index contributed by atoms with van der Waals surface area (Å²) in [5, 5.41) is 2.26. The highest BCUT2D eigenvalue weighted by Crippen LogP contribution is 2.33. The van der Waals surface area contributed by atoms with Gasteiger partial charge in [-0.15, -0.1) is 0 Å². The van der Waals surface area contributed by atoms with Gasteiger partial charge in [-0.2, -0.15) is 13.2 Å². The number of aryl methyl sites for hydroxylation is 1. The molecule has 1 N–H and O–H groups in total. The minimum Gasteiger partial charge on any atom is -0.477 e. The summed E-state index contributed by atoms with van der Waals surface area (Å²) in [4.78, 5) is 31.1. The second-order valence-electron chi connectivity index (χ2n) is 5.95. The summed E-state index contributed by atoms with van der Waals surface area (Å²) >= 11 is 5.75. The highest BCUT2D eigenvalue weighted by Gasteiger charge is 2.31. The Bertz CT molecular complexity index is 888. The van der Waals surface area contributed by atoms with E-state index in [1.165, 1.54) is 13.0 Å². The molecule has 0 aliphatic heterocycles. The zero-order chi connectivity index (χ0) is 20.9. The Kier molecular flexibility index (Phi) is 6.95. The second kappa shape index (κ2) is 9.01. The second-order valence-corrected chi connectivity index (χ2v) is 6.35. The molecule has 150 valence electrons. The minimum atomic E-state index is -4.54. The van der Waals surface area contributed by atoms with E-state index in [2.05, 4.69) is 15.3 Å². The number of ether oxygens (including phenoxy) is 1. The molecular weight excluding hydrogens is 399 g/mol. The molecule has 0 fully saturated rings. The zero-order valence-electron chi connectivity index (χ0n) is 15.1. The molecule has 10 heteroatoms. The van der Waals surface area contributed by atoms with E-state index in [0.29, 0.717) is 23.9 Å². The highest BCUT2D eigenvalue weighted by atomic mass is 35.5. The first-order valence-corrected chi connectivity index (χ1v) is 8.59. The van der Waals surface area contributed by atoms with Crippen molar-refractivity contribution in [1.82, 2.24) is 9.97 Å². The fourth-order valence-corrected chi connectivity index (χ4v) is 2.53. The molecular formula is C18H17ClF3N3O3. The smallest absolute Gasteiger partial charge is 0.417 e. The van der Waals surface area contributed by atoms with Crippen LogP contribution in [0.3, 0.4) is 0 Å². The number of anilines is 1. The summed E-state index contributed by atoms with van der Waals surface area (Å²) in [5.74, 6) is -0.333. The molecule has 0 aliphatic carbocycles. The molecule has 0 aromatic carbocycles. The highest BCUT2D eigenvalue weighted by molar-refractivity contribution is 6.31. The van der Waals surface area contributed by atoms with E-state index in [9.17, 15) is 22.8 Å². The van der Waals surface area contributed by atoms with Crippen LogP contribution in [0, 0.1) is 6.92 Å². The van der Waals surface area contributed by atoms with Gasteiger partial charge < -0.3 is 10.1 Å². The SMILES string of the molecule is CC(=O)Nc1cc(C(=O)CCCOc2ncc(C(F)(F)F)cc2Cl)cc(C)n1. The van der Waals surface area contributed by atoms with Crippen molar-refractivity contribution in [3.8, 4) is 5.88 Å². The van der Waals surface area contributed by atoms with Crippen molar-refractivity contribution in [3.63, 3.8) is 0 Å². The lowest BCUT2D eigenvalue weighted by molar-refractivity contribution is -0.137. The van der Waals surface area contributed by atoms with Crippen molar-refractivity contribution in [1.29, 1.82) is 0 Å². The van der Waals surface area contributed by atoms with Gasteiger partial charge in [-0.1, -0.05) is 11.6 Å². The first-order valence-electron chi connectivity index (χ1n) is 8.21. The van der Waals surface area contributed by atoms with E-state index in [1.54, 1.807) is 13.0 Å². The lowest BCUT2D eigenvalue weighted by Gasteiger charge is -2.10. The third kappa shape index (κ3) is 6.19. The van der Waals surface area contributed by atoms with Crippen LogP contribution in [-0.2, 0) is 11.0 Å². The van der Waals surface area contributed by atoms with Gasteiger partial charge in [0.2, 0.25) is 11.8 Å². The topological polar surface area (TPSA) is 81.2 Å². The van der Waals surface area contributed by atoms with Crippen LogP contribution in [0.15, 0.2) is 24.4 Å². The van der Waals surface area contributed by atoms with Gasteiger partial charge in [-0.3, -0.25) is 9.59 Å². The Morgan fingerprint density at radius 2 is 1.96 bits per heavy atom. The molecule has 2 aromatic heterocycles. The van der Waals surface area contributed by atoms with Crippen molar-refractivity contribution in [2.45, 2.75) is 32.9 Å². The standard InChI is InChI=1S/C18H17ClF3N3O3/c1-10-6-12(7-16(24-10)25-11(2)26)15(27)4-3-5-28-17-14(19)8-13(9-23-17)18(20,21)22/h6-9H,3-5H2,1-2H3,(H,24,25,26). The fourth-order valence-electron chi connectivity index (χ4n) is 2.31. The lowest BCUT2D eigenvalue weighted by Crippen LogP contribution is -2.10. The first kappa shape index (κ1) is 21.6. The number of Topliss-reactive ketones (excluding diaryl/α,β-unsaturated/α-hetero) is 1. The lowest BCUT2D eigenvalue weighted by atomic mass is 10.1. The van der Waals surface area contributed by atoms with E-state index in [4.69, 9.17) is 16.3 Å². The molecule has 0 radical (unpaired) electrons. The van der Waals surface area contributed by atoms with Crippen molar-refractivity contribution < 1.29 is 27.5 Å². The average Bonchev–Trinajstić information content (AvgIpc) is 2.57. The quantitative estimate of drug-likeness (QED) is 0.533. The van der Waals surface area contributed by atoms with Gasteiger partial charge >= 0.3 is 6.18 Å². The molecule has 2 heterocycles. The van der Waals surface area contributed by atoms with Crippen molar-refractivity contribution in [3.05, 3.63) is 46.2 Å². The molecule has 6 nitrogen and oxygen atoms in total. The van der Waals surface area contributed by atoms with E-state index in [0.717, 1.165) is 6.07 Å². The molecule has 1 amide bonds. The van der Waals surface area contributed by atoms with Crippen molar-refractivity contribution >= 4 is 29.1 Å². The number of hydrogen-bond donors (Lipinski definition) is 1. The Hall–Kier alpha value is -2.68. The molecule has 0 spiro atoms. The molecule has 0 atom stereocenters. The summed E-state index contributed by atoms with van der Waals surface area (Å²) in [5.41, 5.74) is -0.00316. The van der Waals surface area contributed by atoms with Gasteiger partial charge in [-0.05, 0) is 31.5 Å². The first-order chi connectivity index (χ1) is 13.1. The van der Waals surface area contributed by atoms with Crippen LogP contribution in [0.25, 0.3) is 0 Å². The van der Waals surface area contributed by atoms with Gasteiger partial charge in [-0.25, -0.2) is 9.97 Å². The number of rotatable bonds is 7. The third-order valence-electron chi connectivity index (χ3n) is 3.50. The number of halogens is 4. The van der Waals surface area contributed by atoms with E-state index < -0.39 is 11.7 Å². The van der Waals surface area contributed by atoms with Gasteiger partial charge in [0.25, 0.3) is 0 Å². The number of hydrogen-bond acceptors (Lipinski definition) is 5. The van der Waals surface area contributed by atoms with E-state index in [1.807, 2.05) is 0 Å². The zero-order valence-corrected chi connectivity index (χ0v) is 15.8. The average molecular weight is 416 g/mol. The number of nitrogens with zero attached hydrogens (tertiary/aromatic N) is 2. The van der Waals surface area contributed by atoms with Gasteiger partial charge in [0.05, 0.1) is 12.2 Å². The number of aromatic nitrogens is 2. The number of ketones is 1. The van der Waals surface area contributed by atoms with E-state index in [-0.39, 0.29) is 41.4 Å². The maximum atomic E-state index is 12.6. The van der Waals surface area contributed by atoms with Crippen LogP contribution in [0.5, 0.6) is 5.88 Å². The van der Waals surface area contributed by atoms with Gasteiger partial charge in [0.1, 0.15) is 10.8 Å². The number of alkyl halides is 3. The van der Waals surface area contributed by atoms with Gasteiger partial charge in [0.15, 0.2) is 5.78 Å². The summed E-state index contributed by atoms with van der Waals surface area (Å²) in [7, 11) is 0. The molecule has 0 aliphatic rings. The Morgan fingerprint density at radius 1 is 1.25 bits per heavy atom. The van der Waals surface area contributed by atoms with Crippen molar-refractivity contribution in [2.24, 2.45) is 0 Å². The van der Waals surface area contributed by atoms with E-state index >= 15 is 0 Å². The van der Waals surface area contributed by atoms with Crippen LogP contribution >= 0.6 is 11.6 Å². The van der Waals surface area contributed by atoms with Crippen LogP contribution in [-0.4, -0.2) is 28.3 Å². The monoisotopic (exact) mass is 415 g/mol. The predicted octanol–water partition coefficient (Wildman–Crippen LogP) is 4.46. The molecule has 2 rings (SSSR count). The molecule has 0 bridgehead atoms. The summed E-state index contributed by atoms with van der Waals surface area (Å²) in [6.45, 7) is 3.08. The minimum absolute atomic E-state index is 0.0481. The summed E-state index contributed by atoms with van der Waals surface area (Å²) in [6.07, 6.45) is -3.48. The summed E-state index contributed by atoms with van der Waals surface area (Å²) in [6, 6.07) is 3.81. The molecule has 0 unspecified atom stereocenters. The van der Waals surface area contributed by atoms with Crippen molar-refractivity contribution in [2.75, 3.05) is 11.9 Å². The molecule has 0 saturated carbocycles. The number of nitrogens with one attached hydrogen (secondary N) is 1. The van der Waals surface area contributed by atoms with Crippen LogP contribution in [0.4, 0.5) is 19.0 Å².